The van der Waals surface area contributed by atoms with E-state index < -0.39 is 5.43 Å². The summed E-state index contributed by atoms with van der Waals surface area (Å²) >= 11 is 4.91. The van der Waals surface area contributed by atoms with Crippen LogP contribution in [0.25, 0.3) is 0 Å². The highest BCUT2D eigenvalue weighted by atomic mass is 35.5. The van der Waals surface area contributed by atoms with Gasteiger partial charge in [-0.3, -0.25) is 4.79 Å². The van der Waals surface area contributed by atoms with Crippen LogP contribution in [0.5, 0.6) is 0 Å². The fourth-order valence-corrected chi connectivity index (χ4v) is 0.639. The molecule has 0 heterocycles. The van der Waals surface area contributed by atoms with Gasteiger partial charge in [-0.15, -0.1) is 0 Å². The molecule has 0 saturated carbocycles. The normalized spacial score (nSPS) is 11.9. The molecule has 11 heavy (non-hydrogen) atoms. The summed E-state index contributed by atoms with van der Waals surface area (Å²) in [5, 5.41) is 2.48. The van der Waals surface area contributed by atoms with Crippen molar-refractivity contribution in [2.45, 2.75) is 20.0 Å². The Hall–Kier alpha value is -0.770. The lowest BCUT2D eigenvalue weighted by Gasteiger charge is -2.10. The number of amides is 1. The monoisotopic (exact) mass is 179 g/mol. The summed E-state index contributed by atoms with van der Waals surface area (Å²) in [7, 11) is 0. The summed E-state index contributed by atoms with van der Waals surface area (Å²) < 4.78 is 4.51. The third-order valence-corrected chi connectivity index (χ3v) is 1.02. The molecule has 0 bridgehead atoms. The van der Waals surface area contributed by atoms with E-state index in [4.69, 9.17) is 11.6 Å². The van der Waals surface area contributed by atoms with Gasteiger partial charge < -0.3 is 10.1 Å². The first-order chi connectivity index (χ1) is 5.02. The average Bonchev–Trinajstić information content (AvgIpc) is 1.82. The van der Waals surface area contributed by atoms with Gasteiger partial charge >= 0.3 is 5.43 Å². The van der Waals surface area contributed by atoms with Gasteiger partial charge in [0.2, 0.25) is 5.91 Å². The summed E-state index contributed by atoms with van der Waals surface area (Å²) in [6, 6.07) is 0. The number of hydrogen-bond donors (Lipinski definition) is 1. The number of carbonyl (C=O) groups excluding carboxylic acids is 2. The van der Waals surface area contributed by atoms with Gasteiger partial charge in [0, 0.05) is 18.5 Å². The summed E-state index contributed by atoms with van der Waals surface area (Å²) in [4.78, 5) is 20.5. The van der Waals surface area contributed by atoms with Gasteiger partial charge in [-0.2, -0.15) is 0 Å². The van der Waals surface area contributed by atoms with Crippen molar-refractivity contribution < 1.29 is 14.3 Å². The Morgan fingerprint density at radius 3 is 2.55 bits per heavy atom. The van der Waals surface area contributed by atoms with Gasteiger partial charge in [-0.25, -0.2) is 4.79 Å². The third-order valence-electron chi connectivity index (χ3n) is 0.932. The van der Waals surface area contributed by atoms with E-state index in [-0.39, 0.29) is 18.6 Å². The van der Waals surface area contributed by atoms with Gasteiger partial charge in [0.1, 0.15) is 6.10 Å². The summed E-state index contributed by atoms with van der Waals surface area (Å²) in [5.74, 6) is -0.164. The second kappa shape index (κ2) is 4.96. The van der Waals surface area contributed by atoms with Crippen molar-refractivity contribution in [3.8, 4) is 0 Å². The van der Waals surface area contributed by atoms with E-state index in [9.17, 15) is 9.59 Å². The van der Waals surface area contributed by atoms with E-state index in [1.807, 2.05) is 0 Å². The van der Waals surface area contributed by atoms with E-state index in [1.165, 1.54) is 6.92 Å². The highest BCUT2D eigenvalue weighted by Gasteiger charge is 2.05. The molecular formula is C6H10ClNO3. The van der Waals surface area contributed by atoms with Crippen LogP contribution in [0.3, 0.4) is 0 Å². The number of hydrogen-bond acceptors (Lipinski definition) is 3. The molecule has 5 heteroatoms. The molecule has 0 spiro atoms. The zero-order chi connectivity index (χ0) is 8.85. The molecule has 0 aliphatic rings. The van der Waals surface area contributed by atoms with E-state index in [0.29, 0.717) is 0 Å². The molecule has 0 aromatic carbocycles. The Bertz CT molecular complexity index is 160. The fraction of sp³-hybridized carbons (Fsp3) is 0.667. The first kappa shape index (κ1) is 10.2. The highest BCUT2D eigenvalue weighted by molar-refractivity contribution is 6.61. The number of carbonyl (C=O) groups is 2. The van der Waals surface area contributed by atoms with Crippen molar-refractivity contribution in [2.24, 2.45) is 0 Å². The van der Waals surface area contributed by atoms with Crippen LogP contribution in [-0.2, 0) is 9.53 Å². The van der Waals surface area contributed by atoms with Crippen molar-refractivity contribution in [1.82, 2.24) is 5.32 Å². The molecular weight excluding hydrogens is 170 g/mol. The maximum atomic E-state index is 10.3. The van der Waals surface area contributed by atoms with Crippen molar-refractivity contribution in [3.63, 3.8) is 0 Å². The van der Waals surface area contributed by atoms with Gasteiger partial charge in [-0.1, -0.05) is 0 Å². The number of rotatable bonds is 3. The molecule has 0 saturated heterocycles. The van der Waals surface area contributed by atoms with E-state index in [2.05, 4.69) is 10.1 Å². The van der Waals surface area contributed by atoms with E-state index in [0.717, 1.165) is 0 Å². The Morgan fingerprint density at radius 2 is 2.18 bits per heavy atom. The zero-order valence-corrected chi connectivity index (χ0v) is 7.14. The minimum Gasteiger partial charge on any atom is -0.449 e. The van der Waals surface area contributed by atoms with Crippen LogP contribution in [-0.4, -0.2) is 24.0 Å². The van der Waals surface area contributed by atoms with Crippen LogP contribution in [0, 0.1) is 0 Å². The van der Waals surface area contributed by atoms with Crippen LogP contribution in [0.15, 0.2) is 0 Å². The quantitative estimate of drug-likeness (QED) is 0.655. The van der Waals surface area contributed by atoms with Crippen molar-refractivity contribution in [2.75, 3.05) is 6.54 Å². The Kier molecular flexibility index (Phi) is 4.61. The fourth-order valence-electron chi connectivity index (χ4n) is 0.487. The van der Waals surface area contributed by atoms with Gasteiger partial charge in [0.15, 0.2) is 0 Å². The Morgan fingerprint density at radius 1 is 1.64 bits per heavy atom. The lowest BCUT2D eigenvalue weighted by Crippen LogP contribution is -2.30. The van der Waals surface area contributed by atoms with Crippen LogP contribution in [0.1, 0.15) is 13.8 Å². The molecule has 1 atom stereocenters. The number of halogens is 1. The van der Waals surface area contributed by atoms with Gasteiger partial charge in [-0.05, 0) is 6.92 Å². The smallest absolute Gasteiger partial charge is 0.404 e. The molecule has 0 aromatic heterocycles. The molecule has 4 nitrogen and oxygen atoms in total. The largest absolute Gasteiger partial charge is 0.449 e. The molecule has 1 N–H and O–H groups in total. The Labute approximate surface area is 69.9 Å². The van der Waals surface area contributed by atoms with Crippen molar-refractivity contribution in [3.05, 3.63) is 0 Å². The predicted molar refractivity (Wildman–Crippen MR) is 40.5 cm³/mol. The molecule has 0 aliphatic carbocycles. The zero-order valence-electron chi connectivity index (χ0n) is 6.39. The highest BCUT2D eigenvalue weighted by Crippen LogP contribution is 1.93. The summed E-state index contributed by atoms with van der Waals surface area (Å²) in [5.41, 5.74) is -0.858. The molecule has 0 unspecified atom stereocenters. The molecule has 0 aliphatic heterocycles. The molecule has 0 radical (unpaired) electrons. The van der Waals surface area contributed by atoms with Crippen LogP contribution in [0.2, 0.25) is 0 Å². The SMILES string of the molecule is CC(=O)NC[C@H](C)OC(=O)Cl. The van der Waals surface area contributed by atoms with Gasteiger partial charge in [0.05, 0.1) is 6.54 Å². The van der Waals surface area contributed by atoms with Crippen molar-refractivity contribution >= 4 is 22.9 Å². The summed E-state index contributed by atoms with van der Waals surface area (Å²) in [6.45, 7) is 3.30. The molecule has 1 amide bonds. The predicted octanol–water partition coefficient (Wildman–Crippen LogP) is 0.886. The molecule has 64 valence electrons. The first-order valence-corrected chi connectivity index (χ1v) is 3.50. The lowest BCUT2D eigenvalue weighted by atomic mass is 10.4. The second-order valence-electron chi connectivity index (χ2n) is 2.10. The van der Waals surface area contributed by atoms with Gasteiger partial charge in [0.25, 0.3) is 0 Å². The van der Waals surface area contributed by atoms with E-state index >= 15 is 0 Å². The third kappa shape index (κ3) is 7.12. The minimum atomic E-state index is -0.858. The van der Waals surface area contributed by atoms with Crippen LogP contribution in [0.4, 0.5) is 4.79 Å². The van der Waals surface area contributed by atoms with Crippen LogP contribution < -0.4 is 5.32 Å². The van der Waals surface area contributed by atoms with Crippen LogP contribution >= 0.6 is 11.6 Å². The maximum absolute atomic E-state index is 10.3. The number of ether oxygens (including phenoxy) is 1. The minimum absolute atomic E-state index is 0.164. The van der Waals surface area contributed by atoms with Crippen molar-refractivity contribution in [1.29, 1.82) is 0 Å². The molecule has 0 aromatic rings. The molecule has 0 rings (SSSR count). The standard InChI is InChI=1S/C6H10ClNO3/c1-4(11-6(7)10)3-8-5(2)9/h4H,3H2,1-2H3,(H,8,9)/t4-/m0/s1. The summed E-state index contributed by atoms with van der Waals surface area (Å²) in [6.07, 6.45) is -0.385. The molecule has 0 fully saturated rings. The Balaban J connectivity index is 3.44. The lowest BCUT2D eigenvalue weighted by molar-refractivity contribution is -0.119. The number of nitrogens with one attached hydrogen (secondary N) is 1. The second-order valence-corrected chi connectivity index (χ2v) is 2.41. The van der Waals surface area contributed by atoms with E-state index in [1.54, 1.807) is 6.92 Å². The topological polar surface area (TPSA) is 55.4 Å². The average molecular weight is 180 g/mol. The maximum Gasteiger partial charge on any atom is 0.404 e. The first-order valence-electron chi connectivity index (χ1n) is 3.13.